The number of benzene rings is 1. The minimum absolute atomic E-state index is 0.0938. The molecule has 1 aliphatic carbocycles. The zero-order valence-corrected chi connectivity index (χ0v) is 17.0. The Balaban J connectivity index is 1.47. The lowest BCUT2D eigenvalue weighted by atomic mass is 9.63. The summed E-state index contributed by atoms with van der Waals surface area (Å²) in [6, 6.07) is 7.80. The van der Waals surface area contributed by atoms with E-state index in [1.165, 1.54) is 0 Å². The Bertz CT molecular complexity index is 908. The van der Waals surface area contributed by atoms with E-state index < -0.39 is 5.41 Å². The topological polar surface area (TPSA) is 128 Å². The maximum Gasteiger partial charge on any atom is 0.322 e. The second-order valence-electron chi connectivity index (χ2n) is 8.28. The van der Waals surface area contributed by atoms with E-state index in [0.29, 0.717) is 13.1 Å². The lowest BCUT2D eigenvalue weighted by Crippen LogP contribution is -2.55. The van der Waals surface area contributed by atoms with Gasteiger partial charge in [0.05, 0.1) is 5.41 Å². The molecule has 1 unspecified atom stereocenters. The van der Waals surface area contributed by atoms with Crippen molar-refractivity contribution in [3.63, 3.8) is 0 Å². The molecule has 0 bridgehead atoms. The number of nitrogens with two attached hydrogens (primary N) is 1. The zero-order chi connectivity index (χ0) is 21.1. The van der Waals surface area contributed by atoms with Crippen LogP contribution >= 0.6 is 0 Å². The van der Waals surface area contributed by atoms with Gasteiger partial charge in [0.2, 0.25) is 5.95 Å². The van der Waals surface area contributed by atoms with Gasteiger partial charge in [-0.15, -0.1) is 0 Å². The molecule has 2 amide bonds. The highest BCUT2D eigenvalue weighted by Crippen LogP contribution is 2.44. The van der Waals surface area contributed by atoms with Crippen LogP contribution in [0.15, 0.2) is 36.7 Å². The van der Waals surface area contributed by atoms with Gasteiger partial charge in [-0.3, -0.25) is 10.7 Å². The third kappa shape index (κ3) is 3.87. The van der Waals surface area contributed by atoms with Crippen LogP contribution in [0.3, 0.4) is 0 Å². The van der Waals surface area contributed by atoms with Crippen LogP contribution in [0, 0.1) is 11.3 Å². The number of aliphatic hydroxyl groups excluding tert-OH is 1. The molecule has 2 aromatic rings. The van der Waals surface area contributed by atoms with Crippen molar-refractivity contribution >= 4 is 17.8 Å². The average molecular weight is 409 g/mol. The first kappa shape index (κ1) is 20.3. The molecule has 2 heterocycles. The number of hydrogen-bond donors (Lipinski definition) is 4. The molecule has 0 radical (unpaired) electrons. The maximum absolute atomic E-state index is 12.7. The van der Waals surface area contributed by atoms with Gasteiger partial charge in [-0.05, 0) is 42.7 Å². The fourth-order valence-corrected chi connectivity index (χ4v) is 4.39. The van der Waals surface area contributed by atoms with E-state index in [2.05, 4.69) is 15.3 Å². The van der Waals surface area contributed by atoms with Crippen LogP contribution in [0.5, 0.6) is 0 Å². The normalized spacial score (nSPS) is 20.3. The summed E-state index contributed by atoms with van der Waals surface area (Å²) >= 11 is 0. The Hall–Kier alpha value is -3.00. The average Bonchev–Trinajstić information content (AvgIpc) is 2.74. The number of nitrogen functional groups attached to an aromatic ring is 1. The van der Waals surface area contributed by atoms with Crippen molar-refractivity contribution in [2.45, 2.75) is 37.5 Å². The summed E-state index contributed by atoms with van der Waals surface area (Å²) in [4.78, 5) is 22.5. The van der Waals surface area contributed by atoms with Gasteiger partial charge in [-0.25, -0.2) is 14.8 Å². The number of rotatable bonds is 4. The quantitative estimate of drug-likeness (QED) is 0.456. The molecule has 1 saturated carbocycles. The number of anilines is 1. The molecule has 1 aromatic carbocycles. The number of amides is 2. The monoisotopic (exact) mass is 408 g/mol. The second-order valence-corrected chi connectivity index (χ2v) is 8.28. The zero-order valence-electron chi connectivity index (χ0n) is 17.0. The Labute approximate surface area is 176 Å². The van der Waals surface area contributed by atoms with E-state index in [1.807, 2.05) is 24.3 Å². The fraction of sp³-hybridized carbons (Fsp3) is 0.455. The van der Waals surface area contributed by atoms with Gasteiger partial charge in [0.1, 0.15) is 5.84 Å². The predicted octanol–water partition coefficient (Wildman–Crippen LogP) is 2.54. The number of amidine groups is 1. The first-order valence-electron chi connectivity index (χ1n) is 10.5. The minimum atomic E-state index is -0.446. The maximum atomic E-state index is 12.7. The third-order valence-corrected chi connectivity index (χ3v) is 6.42. The molecule has 2 fully saturated rings. The Morgan fingerprint density at radius 1 is 1.20 bits per heavy atom. The van der Waals surface area contributed by atoms with Crippen LogP contribution in [-0.4, -0.2) is 51.5 Å². The molecule has 1 saturated heterocycles. The minimum Gasteiger partial charge on any atom is -0.396 e. The van der Waals surface area contributed by atoms with Gasteiger partial charge in [0, 0.05) is 37.7 Å². The first-order chi connectivity index (χ1) is 14.5. The van der Waals surface area contributed by atoms with Crippen LogP contribution in [0.25, 0.3) is 11.1 Å². The third-order valence-electron chi connectivity index (χ3n) is 6.42. The second kappa shape index (κ2) is 8.39. The van der Waals surface area contributed by atoms with Crippen molar-refractivity contribution < 1.29 is 9.90 Å². The number of carbonyl (C=O) groups is 1. The van der Waals surface area contributed by atoms with Gasteiger partial charge in [-0.1, -0.05) is 30.7 Å². The summed E-state index contributed by atoms with van der Waals surface area (Å²) in [5, 5.41) is 20.9. The fourth-order valence-electron chi connectivity index (χ4n) is 4.39. The van der Waals surface area contributed by atoms with Crippen LogP contribution in [0.2, 0.25) is 0 Å². The van der Waals surface area contributed by atoms with Crippen molar-refractivity contribution in [3.05, 3.63) is 42.2 Å². The highest BCUT2D eigenvalue weighted by Gasteiger charge is 2.44. The number of piperidine rings is 1. The van der Waals surface area contributed by atoms with Gasteiger partial charge >= 0.3 is 6.03 Å². The molecule has 158 valence electrons. The highest BCUT2D eigenvalue weighted by molar-refractivity contribution is 6.02. The van der Waals surface area contributed by atoms with Gasteiger partial charge in [0.15, 0.2) is 0 Å². The van der Waals surface area contributed by atoms with Crippen molar-refractivity contribution in [2.24, 2.45) is 5.92 Å². The lowest BCUT2D eigenvalue weighted by Gasteiger charge is -2.43. The number of aliphatic hydroxyl groups is 1. The Morgan fingerprint density at radius 3 is 2.50 bits per heavy atom. The standard InChI is InChI=1S/C22H28N6O2/c23-19(27-21(30)28-10-1-3-15(13-28)14-29)22(8-2-9-22)18-6-4-16(5-7-18)17-11-25-20(24)26-12-17/h4-7,11-12,15,29H,1-3,8-10,13-14H2,(H2,23,27,30)(H2,24,25,26). The molecule has 8 nitrogen and oxygen atoms in total. The summed E-state index contributed by atoms with van der Waals surface area (Å²) in [6.07, 6.45) is 7.92. The molecule has 8 heteroatoms. The first-order valence-corrected chi connectivity index (χ1v) is 10.5. The molecular formula is C22H28N6O2. The van der Waals surface area contributed by atoms with E-state index in [4.69, 9.17) is 11.1 Å². The van der Waals surface area contributed by atoms with Crippen molar-refractivity contribution in [1.82, 2.24) is 20.2 Å². The predicted molar refractivity (Wildman–Crippen MR) is 115 cm³/mol. The number of aromatic nitrogens is 2. The lowest BCUT2D eigenvalue weighted by molar-refractivity contribution is 0.131. The molecule has 5 N–H and O–H groups in total. The summed E-state index contributed by atoms with van der Waals surface area (Å²) in [5.41, 5.74) is 8.00. The van der Waals surface area contributed by atoms with E-state index in [-0.39, 0.29) is 30.3 Å². The molecule has 4 rings (SSSR count). The van der Waals surface area contributed by atoms with Crippen molar-refractivity contribution in [3.8, 4) is 11.1 Å². The number of nitrogens with one attached hydrogen (secondary N) is 2. The summed E-state index contributed by atoms with van der Waals surface area (Å²) in [7, 11) is 0. The Kier molecular flexibility index (Phi) is 5.67. The molecule has 30 heavy (non-hydrogen) atoms. The van der Waals surface area contributed by atoms with E-state index >= 15 is 0 Å². The smallest absolute Gasteiger partial charge is 0.322 e. The van der Waals surface area contributed by atoms with Gasteiger partial charge < -0.3 is 15.7 Å². The van der Waals surface area contributed by atoms with Crippen LogP contribution in [0.1, 0.15) is 37.7 Å². The summed E-state index contributed by atoms with van der Waals surface area (Å²) in [6.45, 7) is 1.30. The van der Waals surface area contributed by atoms with E-state index in [0.717, 1.165) is 48.8 Å². The number of hydrogen-bond acceptors (Lipinski definition) is 6. The highest BCUT2D eigenvalue weighted by atomic mass is 16.3. The SMILES string of the molecule is N=C(NC(=O)N1CCCC(CO)C1)C1(c2ccc(-c3cnc(N)nc3)cc2)CCC1. The van der Waals surface area contributed by atoms with Crippen LogP contribution < -0.4 is 11.1 Å². The molecule has 2 aliphatic rings. The molecule has 1 aliphatic heterocycles. The number of likely N-dealkylation sites (tertiary alicyclic amines) is 1. The van der Waals surface area contributed by atoms with Gasteiger partial charge in [0.25, 0.3) is 0 Å². The molecule has 1 aromatic heterocycles. The Morgan fingerprint density at radius 2 is 1.90 bits per heavy atom. The molecular weight excluding hydrogens is 380 g/mol. The molecule has 1 atom stereocenters. The number of carbonyl (C=O) groups excluding carboxylic acids is 1. The van der Waals surface area contributed by atoms with Crippen molar-refractivity contribution in [1.29, 1.82) is 5.41 Å². The van der Waals surface area contributed by atoms with Crippen LogP contribution in [-0.2, 0) is 5.41 Å². The van der Waals surface area contributed by atoms with E-state index in [1.54, 1.807) is 17.3 Å². The largest absolute Gasteiger partial charge is 0.396 e. The number of nitrogens with zero attached hydrogens (tertiary/aromatic N) is 3. The van der Waals surface area contributed by atoms with Crippen molar-refractivity contribution in [2.75, 3.05) is 25.4 Å². The van der Waals surface area contributed by atoms with Crippen LogP contribution in [0.4, 0.5) is 10.7 Å². The van der Waals surface area contributed by atoms with E-state index in [9.17, 15) is 9.90 Å². The summed E-state index contributed by atoms with van der Waals surface area (Å²) in [5.74, 6) is 0.627. The molecule has 0 spiro atoms. The number of urea groups is 1. The summed E-state index contributed by atoms with van der Waals surface area (Å²) < 4.78 is 0. The van der Waals surface area contributed by atoms with Gasteiger partial charge in [-0.2, -0.15) is 0 Å².